The number of nitrogens with one attached hydrogen (secondary N) is 1. The van der Waals surface area contributed by atoms with E-state index in [1.54, 1.807) is 11.8 Å². The van der Waals surface area contributed by atoms with Gasteiger partial charge in [0.05, 0.1) is 16.8 Å². The molecule has 2 rings (SSSR count). The van der Waals surface area contributed by atoms with E-state index in [0.29, 0.717) is 12.0 Å². The van der Waals surface area contributed by atoms with Gasteiger partial charge in [-0.1, -0.05) is 36.4 Å². The molecule has 1 N–H and O–H groups in total. The number of hydrogen-bond acceptors (Lipinski definition) is 3. The maximum absolute atomic E-state index is 6.19. The van der Waals surface area contributed by atoms with Gasteiger partial charge in [0, 0.05) is 5.75 Å². The molecule has 0 amide bonds. The summed E-state index contributed by atoms with van der Waals surface area (Å²) in [6.07, 6.45) is 0. The van der Waals surface area contributed by atoms with Gasteiger partial charge < -0.3 is 5.32 Å². The molecule has 17 heavy (non-hydrogen) atoms. The number of amidine groups is 1. The van der Waals surface area contributed by atoms with Gasteiger partial charge in [0.25, 0.3) is 0 Å². The van der Waals surface area contributed by atoms with Crippen molar-refractivity contribution in [2.75, 3.05) is 11.1 Å². The van der Waals surface area contributed by atoms with E-state index in [4.69, 9.17) is 11.6 Å². The van der Waals surface area contributed by atoms with Crippen LogP contribution in [-0.4, -0.2) is 17.0 Å². The Balaban J connectivity index is 2.13. The Labute approximate surface area is 112 Å². The first-order valence-electron chi connectivity index (χ1n) is 5.80. The van der Waals surface area contributed by atoms with Gasteiger partial charge in [-0.05, 0) is 37.5 Å². The zero-order valence-electron chi connectivity index (χ0n) is 10.3. The Morgan fingerprint density at radius 2 is 2.18 bits per heavy atom. The van der Waals surface area contributed by atoms with Gasteiger partial charge in [-0.15, -0.1) is 0 Å². The maximum atomic E-state index is 6.19. The highest BCUT2D eigenvalue weighted by Gasteiger charge is 2.19. The zero-order chi connectivity index (χ0) is 12.4. The molecule has 4 heteroatoms. The number of rotatable bonds is 1. The standard InChI is InChI=1S/C13H17ClN2S/c1-8-4-5-12(11(14)6-8)16-13-15-10(3)9(2)7-17-13/h4-6,9-10H,7H2,1-3H3,(H,15,16). The minimum Gasteiger partial charge on any atom is -0.334 e. The lowest BCUT2D eigenvalue weighted by Crippen LogP contribution is -2.25. The van der Waals surface area contributed by atoms with E-state index in [-0.39, 0.29) is 0 Å². The number of aryl methyl sites for hydroxylation is 1. The van der Waals surface area contributed by atoms with E-state index in [9.17, 15) is 0 Å². The highest BCUT2D eigenvalue weighted by atomic mass is 35.5. The fourth-order valence-corrected chi connectivity index (χ4v) is 3.01. The predicted molar refractivity (Wildman–Crippen MR) is 78.3 cm³/mol. The van der Waals surface area contributed by atoms with Crippen molar-refractivity contribution in [3.63, 3.8) is 0 Å². The molecule has 0 aromatic heterocycles. The number of aliphatic imine (C=N–C) groups is 1. The molecule has 0 spiro atoms. The molecular formula is C13H17ClN2S. The van der Waals surface area contributed by atoms with Crippen molar-refractivity contribution in [3.05, 3.63) is 28.8 Å². The summed E-state index contributed by atoms with van der Waals surface area (Å²) in [5.41, 5.74) is 2.10. The Kier molecular flexibility index (Phi) is 4.00. The molecule has 1 heterocycles. The van der Waals surface area contributed by atoms with Gasteiger partial charge in [0.1, 0.15) is 0 Å². The quantitative estimate of drug-likeness (QED) is 0.826. The topological polar surface area (TPSA) is 24.4 Å². The summed E-state index contributed by atoms with van der Waals surface area (Å²) in [5.74, 6) is 1.75. The third-order valence-corrected chi connectivity index (χ3v) is 4.48. The lowest BCUT2D eigenvalue weighted by atomic mass is 10.1. The Bertz CT molecular complexity index is 445. The molecule has 1 aromatic carbocycles. The van der Waals surface area contributed by atoms with Crippen LogP contribution < -0.4 is 5.32 Å². The fraction of sp³-hybridized carbons (Fsp3) is 0.462. The van der Waals surface area contributed by atoms with Crippen molar-refractivity contribution in [1.82, 2.24) is 0 Å². The van der Waals surface area contributed by atoms with Gasteiger partial charge >= 0.3 is 0 Å². The minimum atomic E-state index is 0.378. The molecule has 1 aliphatic heterocycles. The Morgan fingerprint density at radius 1 is 1.41 bits per heavy atom. The van der Waals surface area contributed by atoms with Gasteiger partial charge in [0.15, 0.2) is 5.17 Å². The van der Waals surface area contributed by atoms with Gasteiger partial charge in [-0.25, -0.2) is 0 Å². The molecule has 2 unspecified atom stereocenters. The number of hydrogen-bond donors (Lipinski definition) is 1. The smallest absolute Gasteiger partial charge is 0.161 e. The number of halogens is 1. The van der Waals surface area contributed by atoms with Crippen LogP contribution in [0.2, 0.25) is 5.02 Å². The highest BCUT2D eigenvalue weighted by molar-refractivity contribution is 8.14. The first-order chi connectivity index (χ1) is 8.06. The van der Waals surface area contributed by atoms with E-state index in [1.807, 2.05) is 25.1 Å². The molecule has 2 atom stereocenters. The van der Waals surface area contributed by atoms with Gasteiger partial charge in [-0.2, -0.15) is 0 Å². The predicted octanol–water partition coefficient (Wildman–Crippen LogP) is 4.19. The normalized spacial score (nSPS) is 24.4. The third kappa shape index (κ3) is 3.17. The second-order valence-corrected chi connectivity index (χ2v) is 5.99. The molecule has 2 nitrogen and oxygen atoms in total. The van der Waals surface area contributed by atoms with Crippen molar-refractivity contribution in [2.45, 2.75) is 26.8 Å². The monoisotopic (exact) mass is 268 g/mol. The van der Waals surface area contributed by atoms with Gasteiger partial charge in [0.2, 0.25) is 0 Å². The lowest BCUT2D eigenvalue weighted by Gasteiger charge is -2.24. The van der Waals surface area contributed by atoms with Crippen LogP contribution in [0.15, 0.2) is 23.2 Å². The van der Waals surface area contributed by atoms with Crippen LogP contribution >= 0.6 is 23.4 Å². The van der Waals surface area contributed by atoms with Crippen molar-refractivity contribution >= 4 is 34.2 Å². The van der Waals surface area contributed by atoms with Crippen LogP contribution in [0.1, 0.15) is 19.4 Å². The molecule has 0 saturated carbocycles. The number of nitrogens with zero attached hydrogens (tertiary/aromatic N) is 1. The van der Waals surface area contributed by atoms with E-state index in [0.717, 1.165) is 21.6 Å². The summed E-state index contributed by atoms with van der Waals surface area (Å²) < 4.78 is 0. The molecule has 0 radical (unpaired) electrons. The van der Waals surface area contributed by atoms with E-state index in [1.165, 1.54) is 5.56 Å². The average Bonchev–Trinajstić information content (AvgIpc) is 2.27. The average molecular weight is 269 g/mol. The van der Waals surface area contributed by atoms with Crippen LogP contribution in [-0.2, 0) is 0 Å². The van der Waals surface area contributed by atoms with Crippen molar-refractivity contribution in [1.29, 1.82) is 0 Å². The fourth-order valence-electron chi connectivity index (χ4n) is 1.60. The van der Waals surface area contributed by atoms with Crippen LogP contribution in [0.3, 0.4) is 0 Å². The second kappa shape index (κ2) is 5.32. The largest absolute Gasteiger partial charge is 0.334 e. The van der Waals surface area contributed by atoms with E-state index in [2.05, 4.69) is 24.2 Å². The molecule has 0 saturated heterocycles. The summed E-state index contributed by atoms with van der Waals surface area (Å²) in [5, 5.41) is 5.03. The SMILES string of the molecule is Cc1ccc(NC2=NC(C)C(C)CS2)c(Cl)c1. The highest BCUT2D eigenvalue weighted by Crippen LogP contribution is 2.27. The molecular weight excluding hydrogens is 252 g/mol. The summed E-state index contributed by atoms with van der Waals surface area (Å²) >= 11 is 7.95. The van der Waals surface area contributed by atoms with Crippen molar-refractivity contribution in [3.8, 4) is 0 Å². The molecule has 92 valence electrons. The summed E-state index contributed by atoms with van der Waals surface area (Å²) in [4.78, 5) is 4.63. The molecule has 1 aromatic rings. The zero-order valence-corrected chi connectivity index (χ0v) is 11.9. The first-order valence-corrected chi connectivity index (χ1v) is 7.16. The van der Waals surface area contributed by atoms with Crippen LogP contribution in [0.25, 0.3) is 0 Å². The molecule has 0 fully saturated rings. The van der Waals surface area contributed by atoms with E-state index < -0.39 is 0 Å². The van der Waals surface area contributed by atoms with Crippen molar-refractivity contribution < 1.29 is 0 Å². The maximum Gasteiger partial charge on any atom is 0.161 e. The molecule has 0 aliphatic carbocycles. The molecule has 1 aliphatic rings. The number of benzene rings is 1. The minimum absolute atomic E-state index is 0.378. The van der Waals surface area contributed by atoms with Gasteiger partial charge in [-0.3, -0.25) is 4.99 Å². The third-order valence-electron chi connectivity index (χ3n) is 2.99. The van der Waals surface area contributed by atoms with Crippen LogP contribution in [0, 0.1) is 12.8 Å². The van der Waals surface area contributed by atoms with Crippen LogP contribution in [0.5, 0.6) is 0 Å². The Hall–Kier alpha value is -0.670. The first kappa shape index (κ1) is 12.8. The molecule has 0 bridgehead atoms. The Morgan fingerprint density at radius 3 is 2.82 bits per heavy atom. The number of thioether (sulfide) groups is 1. The van der Waals surface area contributed by atoms with E-state index >= 15 is 0 Å². The second-order valence-electron chi connectivity index (χ2n) is 4.57. The lowest BCUT2D eigenvalue weighted by molar-refractivity contribution is 0.537. The summed E-state index contributed by atoms with van der Waals surface area (Å²) in [7, 11) is 0. The summed E-state index contributed by atoms with van der Waals surface area (Å²) in [6, 6.07) is 6.39. The van der Waals surface area contributed by atoms with Crippen LogP contribution in [0.4, 0.5) is 5.69 Å². The summed E-state index contributed by atoms with van der Waals surface area (Å²) in [6.45, 7) is 6.42. The van der Waals surface area contributed by atoms with Crippen molar-refractivity contribution in [2.24, 2.45) is 10.9 Å². The number of anilines is 1.